The first-order valence-electron chi connectivity index (χ1n) is 35.8. The lowest BCUT2D eigenvalue weighted by Gasteiger charge is -2.22. The zero-order valence-electron chi connectivity index (χ0n) is 52.7. The Bertz CT molecular complexity index is 1120. The van der Waals surface area contributed by atoms with E-state index in [-0.39, 0.29) is 18.5 Å². The number of ether oxygens (including phenoxy) is 1. The number of hydrogen-bond donors (Lipinski definition) is 3. The second-order valence-electron chi connectivity index (χ2n) is 24.9. The molecule has 2 atom stereocenters. The van der Waals surface area contributed by atoms with E-state index in [9.17, 15) is 19.8 Å². The maximum atomic E-state index is 12.5. The average molecular weight is 1090 g/mol. The molecule has 0 aromatic heterocycles. The predicted molar refractivity (Wildman–Crippen MR) is 338 cm³/mol. The zero-order chi connectivity index (χ0) is 55.7. The van der Waals surface area contributed by atoms with Crippen LogP contribution in [0.1, 0.15) is 418 Å². The van der Waals surface area contributed by atoms with Crippen LogP contribution in [-0.2, 0) is 14.3 Å². The first-order chi connectivity index (χ1) is 38.0. The van der Waals surface area contributed by atoms with Crippen molar-refractivity contribution in [1.29, 1.82) is 0 Å². The standard InChI is InChI=1S/C71H141NO5/c1-3-5-7-9-11-13-15-17-18-19-30-33-36-40-43-47-51-55-59-63-69(74)68(67-73)72-70(75)64-60-56-52-48-44-41-37-34-31-28-26-24-22-20-21-23-25-27-29-32-35-38-42-46-50-54-58-62-66-77-71(76)65-61-57-53-49-45-39-16-14-12-10-8-6-4-2/h68-69,73-74H,3-67H2,1-2H3,(H,72,75). The van der Waals surface area contributed by atoms with Crippen LogP contribution in [0.3, 0.4) is 0 Å². The zero-order valence-corrected chi connectivity index (χ0v) is 52.7. The van der Waals surface area contributed by atoms with Gasteiger partial charge in [-0.05, 0) is 25.7 Å². The molecule has 0 radical (unpaired) electrons. The molecular formula is C71H141NO5. The van der Waals surface area contributed by atoms with E-state index in [0.717, 1.165) is 38.5 Å². The van der Waals surface area contributed by atoms with E-state index in [1.54, 1.807) is 0 Å². The van der Waals surface area contributed by atoms with Crippen molar-refractivity contribution in [3.05, 3.63) is 0 Å². The largest absolute Gasteiger partial charge is 0.466 e. The van der Waals surface area contributed by atoms with Crippen molar-refractivity contribution in [3.8, 4) is 0 Å². The number of carbonyl (C=O) groups excluding carboxylic acids is 2. The molecule has 6 nitrogen and oxygen atoms in total. The lowest BCUT2D eigenvalue weighted by Crippen LogP contribution is -2.45. The highest BCUT2D eigenvalue weighted by atomic mass is 16.5. The smallest absolute Gasteiger partial charge is 0.305 e. The summed E-state index contributed by atoms with van der Waals surface area (Å²) in [6.45, 7) is 5.00. The molecule has 0 aliphatic heterocycles. The lowest BCUT2D eigenvalue weighted by molar-refractivity contribution is -0.143. The van der Waals surface area contributed by atoms with Crippen molar-refractivity contribution >= 4 is 11.9 Å². The summed E-state index contributed by atoms with van der Waals surface area (Å²) in [5.74, 6) is -0.00507. The van der Waals surface area contributed by atoms with Gasteiger partial charge in [-0.15, -0.1) is 0 Å². The normalized spacial score (nSPS) is 12.4. The second-order valence-corrected chi connectivity index (χ2v) is 24.9. The van der Waals surface area contributed by atoms with Crippen LogP contribution in [0.4, 0.5) is 0 Å². The summed E-state index contributed by atoms with van der Waals surface area (Å²) < 4.78 is 5.49. The van der Waals surface area contributed by atoms with Gasteiger partial charge in [0.1, 0.15) is 0 Å². The Morgan fingerprint density at radius 1 is 0.312 bits per heavy atom. The van der Waals surface area contributed by atoms with Gasteiger partial charge in [0.05, 0.1) is 25.4 Å². The van der Waals surface area contributed by atoms with Crippen molar-refractivity contribution in [1.82, 2.24) is 5.32 Å². The Hall–Kier alpha value is -1.14. The van der Waals surface area contributed by atoms with Crippen LogP contribution in [-0.4, -0.2) is 47.4 Å². The average Bonchev–Trinajstić information content (AvgIpc) is 3.43. The van der Waals surface area contributed by atoms with Gasteiger partial charge in [-0.1, -0.05) is 380 Å². The van der Waals surface area contributed by atoms with Gasteiger partial charge in [-0.2, -0.15) is 0 Å². The minimum absolute atomic E-state index is 0.0216. The van der Waals surface area contributed by atoms with Gasteiger partial charge >= 0.3 is 5.97 Å². The highest BCUT2D eigenvalue weighted by molar-refractivity contribution is 5.76. The van der Waals surface area contributed by atoms with Crippen molar-refractivity contribution < 1.29 is 24.5 Å². The summed E-state index contributed by atoms with van der Waals surface area (Å²) in [6.07, 6.45) is 81.6. The number of rotatable bonds is 68. The summed E-state index contributed by atoms with van der Waals surface area (Å²) in [7, 11) is 0. The third-order valence-electron chi connectivity index (χ3n) is 17.2. The van der Waals surface area contributed by atoms with Gasteiger partial charge in [-0.25, -0.2) is 0 Å². The molecule has 0 rings (SSSR count). The maximum absolute atomic E-state index is 12.5. The number of nitrogens with one attached hydrogen (secondary N) is 1. The van der Waals surface area contributed by atoms with E-state index >= 15 is 0 Å². The van der Waals surface area contributed by atoms with E-state index in [4.69, 9.17) is 4.74 Å². The molecule has 3 N–H and O–H groups in total. The van der Waals surface area contributed by atoms with Crippen LogP contribution in [0.25, 0.3) is 0 Å². The van der Waals surface area contributed by atoms with Crippen molar-refractivity contribution in [2.24, 2.45) is 0 Å². The molecule has 0 bridgehead atoms. The first kappa shape index (κ1) is 75.9. The van der Waals surface area contributed by atoms with Gasteiger partial charge in [0, 0.05) is 12.8 Å². The van der Waals surface area contributed by atoms with Crippen LogP contribution in [0, 0.1) is 0 Å². The van der Waals surface area contributed by atoms with Crippen LogP contribution >= 0.6 is 0 Å². The molecule has 6 heteroatoms. The van der Waals surface area contributed by atoms with Crippen molar-refractivity contribution in [3.63, 3.8) is 0 Å². The van der Waals surface area contributed by atoms with Crippen molar-refractivity contribution in [2.75, 3.05) is 13.2 Å². The molecule has 0 fully saturated rings. The summed E-state index contributed by atoms with van der Waals surface area (Å²) in [5.41, 5.74) is 0. The molecule has 460 valence electrons. The highest BCUT2D eigenvalue weighted by Crippen LogP contribution is 2.20. The topological polar surface area (TPSA) is 95.9 Å². The van der Waals surface area contributed by atoms with E-state index in [2.05, 4.69) is 19.2 Å². The minimum Gasteiger partial charge on any atom is -0.466 e. The summed E-state index contributed by atoms with van der Waals surface area (Å²) in [6, 6.07) is -0.538. The lowest BCUT2D eigenvalue weighted by atomic mass is 10.0. The number of aliphatic hydroxyl groups excluding tert-OH is 2. The van der Waals surface area contributed by atoms with Gasteiger partial charge < -0.3 is 20.3 Å². The van der Waals surface area contributed by atoms with Crippen LogP contribution in [0.2, 0.25) is 0 Å². The number of aliphatic hydroxyl groups is 2. The molecule has 0 saturated heterocycles. The van der Waals surface area contributed by atoms with Gasteiger partial charge in [-0.3, -0.25) is 9.59 Å². The quantitative estimate of drug-likeness (QED) is 0.0417. The molecule has 1 amide bonds. The minimum atomic E-state index is -0.662. The summed E-state index contributed by atoms with van der Waals surface area (Å²) in [5, 5.41) is 23.4. The molecular weight excluding hydrogens is 947 g/mol. The Balaban J connectivity index is 3.33. The second kappa shape index (κ2) is 67.4. The van der Waals surface area contributed by atoms with Crippen LogP contribution < -0.4 is 5.32 Å². The third kappa shape index (κ3) is 63.9. The molecule has 2 unspecified atom stereocenters. The molecule has 77 heavy (non-hydrogen) atoms. The molecule has 0 aliphatic carbocycles. The fourth-order valence-corrected chi connectivity index (χ4v) is 11.7. The summed E-state index contributed by atoms with van der Waals surface area (Å²) >= 11 is 0. The van der Waals surface area contributed by atoms with Gasteiger partial charge in [0.2, 0.25) is 5.91 Å². The van der Waals surface area contributed by atoms with Gasteiger partial charge in [0.25, 0.3) is 0 Å². The van der Waals surface area contributed by atoms with Crippen LogP contribution in [0.15, 0.2) is 0 Å². The molecule has 0 heterocycles. The number of hydrogen-bond acceptors (Lipinski definition) is 5. The molecule has 0 aromatic rings. The van der Waals surface area contributed by atoms with Gasteiger partial charge in [0.15, 0.2) is 0 Å². The fourth-order valence-electron chi connectivity index (χ4n) is 11.7. The molecule has 0 aliphatic rings. The van der Waals surface area contributed by atoms with Crippen LogP contribution in [0.5, 0.6) is 0 Å². The Morgan fingerprint density at radius 3 is 0.792 bits per heavy atom. The highest BCUT2D eigenvalue weighted by Gasteiger charge is 2.20. The molecule has 0 aromatic carbocycles. The Kier molecular flexibility index (Phi) is 66.4. The molecule has 0 saturated carbocycles. The van der Waals surface area contributed by atoms with E-state index in [1.165, 1.54) is 347 Å². The first-order valence-corrected chi connectivity index (χ1v) is 35.8. The number of carbonyl (C=O) groups is 2. The van der Waals surface area contributed by atoms with E-state index in [1.807, 2.05) is 0 Å². The Morgan fingerprint density at radius 2 is 0.532 bits per heavy atom. The molecule has 0 spiro atoms. The number of amides is 1. The predicted octanol–water partition coefficient (Wildman–Crippen LogP) is 23.0. The van der Waals surface area contributed by atoms with Crippen molar-refractivity contribution in [2.45, 2.75) is 431 Å². The summed E-state index contributed by atoms with van der Waals surface area (Å²) in [4.78, 5) is 24.6. The fraction of sp³-hybridized carbons (Fsp3) is 0.972. The third-order valence-corrected chi connectivity index (χ3v) is 17.2. The number of esters is 1. The maximum Gasteiger partial charge on any atom is 0.305 e. The van der Waals surface area contributed by atoms with E-state index < -0.39 is 12.1 Å². The SMILES string of the molecule is CCCCCCCCCCCCCCCCCCCCCC(O)C(CO)NC(=O)CCCCCCCCCCCCCCCCCCCCCCCCCCCCCCOC(=O)CCCCCCCCCCCCCCC. The number of unbranched alkanes of at least 4 members (excludes halogenated alkanes) is 57. The monoisotopic (exact) mass is 1090 g/mol. The van der Waals surface area contributed by atoms with E-state index in [0.29, 0.717) is 25.9 Å². The Labute approximate surface area is 483 Å².